The van der Waals surface area contributed by atoms with Gasteiger partial charge in [0.1, 0.15) is 25.0 Å². The number of piperidine rings is 1. The van der Waals surface area contributed by atoms with Crippen LogP contribution in [-0.4, -0.2) is 81.9 Å². The Kier molecular flexibility index (Phi) is 8.82. The number of carbonyl (C=O) groups excluding carboxylic acids is 3. The highest BCUT2D eigenvalue weighted by Gasteiger charge is 2.39. The monoisotopic (exact) mass is 699 g/mol. The van der Waals surface area contributed by atoms with E-state index < -0.39 is 5.62 Å². The summed E-state index contributed by atoms with van der Waals surface area (Å²) in [6, 6.07) is 13.0. The minimum absolute atomic E-state index is 0.0103. The molecule has 4 aromatic rings. The SMILES string of the molecule is [B]C(O)(c1cccc(C=O)n1)N1CCC(n2ncc3c2C(CC)N(C)c2c(Nc4cc(NC(=O)C5CC5)ncc4C(=O)NC4CC4)cccc2-3)CC1. The average Bonchev–Trinajstić information content (AvgIpc) is 4.10. The maximum Gasteiger partial charge on any atom is 0.255 e. The van der Waals surface area contributed by atoms with E-state index in [1.165, 1.54) is 6.20 Å². The molecule has 2 aliphatic carbocycles. The number of aliphatic hydroxyl groups is 1. The van der Waals surface area contributed by atoms with Gasteiger partial charge >= 0.3 is 0 Å². The molecule has 1 saturated heterocycles. The molecule has 4 N–H and O–H groups in total. The third kappa shape index (κ3) is 6.34. The third-order valence-corrected chi connectivity index (χ3v) is 10.8. The molecule has 2 atom stereocenters. The van der Waals surface area contributed by atoms with Crippen molar-refractivity contribution in [1.82, 2.24) is 30.0 Å². The van der Waals surface area contributed by atoms with E-state index in [4.69, 9.17) is 12.9 Å². The highest BCUT2D eigenvalue weighted by atomic mass is 16.3. The van der Waals surface area contributed by atoms with Crippen LogP contribution in [0, 0.1) is 5.92 Å². The first-order chi connectivity index (χ1) is 25.2. The van der Waals surface area contributed by atoms with Gasteiger partial charge < -0.3 is 26.0 Å². The van der Waals surface area contributed by atoms with Crippen molar-refractivity contribution >= 4 is 48.8 Å². The number of aromatic nitrogens is 4. The van der Waals surface area contributed by atoms with E-state index >= 15 is 0 Å². The zero-order valence-corrected chi connectivity index (χ0v) is 29.4. The molecular formula is C38H42BN9O4. The van der Waals surface area contributed by atoms with E-state index in [-0.39, 0.29) is 47.2 Å². The minimum Gasteiger partial charge on any atom is -0.379 e. The number of aldehydes is 1. The lowest BCUT2D eigenvalue weighted by Gasteiger charge is -2.43. The summed E-state index contributed by atoms with van der Waals surface area (Å²) < 4.78 is 2.15. The topological polar surface area (TPSA) is 158 Å². The number of nitrogens with zero attached hydrogens (tertiary/aromatic N) is 6. The van der Waals surface area contributed by atoms with Crippen molar-refractivity contribution in [3.05, 3.63) is 77.5 Å². The van der Waals surface area contributed by atoms with Crippen molar-refractivity contribution in [2.75, 3.05) is 35.7 Å². The number of carbonyl (C=O) groups is 3. The van der Waals surface area contributed by atoms with Crippen LogP contribution in [-0.2, 0) is 10.4 Å². The quantitative estimate of drug-likeness (QED) is 0.128. The van der Waals surface area contributed by atoms with Gasteiger partial charge in [0.25, 0.3) is 5.91 Å². The molecule has 2 amide bonds. The molecule has 3 aromatic heterocycles. The maximum atomic E-state index is 13.4. The zero-order valence-electron chi connectivity index (χ0n) is 29.4. The molecule has 0 spiro atoms. The first-order valence-electron chi connectivity index (χ1n) is 18.2. The average molecular weight is 700 g/mol. The van der Waals surface area contributed by atoms with E-state index in [1.807, 2.05) is 18.3 Å². The second-order valence-corrected chi connectivity index (χ2v) is 14.4. The number of fused-ring (bicyclic) bond motifs is 3. The number of pyridine rings is 2. The van der Waals surface area contributed by atoms with Crippen molar-refractivity contribution < 1.29 is 19.5 Å². The van der Waals surface area contributed by atoms with Crippen LogP contribution in [0.15, 0.2) is 54.9 Å². The number of nitrogens with one attached hydrogen (secondary N) is 3. The number of benzene rings is 1. The Morgan fingerprint density at radius 2 is 1.79 bits per heavy atom. The van der Waals surface area contributed by atoms with Gasteiger partial charge in [0.2, 0.25) is 5.91 Å². The number of hydrogen-bond acceptors (Lipinski definition) is 10. The Labute approximate surface area is 303 Å². The summed E-state index contributed by atoms with van der Waals surface area (Å²) in [5.74, 6) is 0.176. The van der Waals surface area contributed by atoms with E-state index in [9.17, 15) is 19.5 Å². The lowest BCUT2D eigenvalue weighted by Crippen LogP contribution is -2.51. The number of hydrogen-bond donors (Lipinski definition) is 4. The van der Waals surface area contributed by atoms with E-state index in [0.717, 1.165) is 60.3 Å². The van der Waals surface area contributed by atoms with Crippen LogP contribution in [0.1, 0.15) is 96.2 Å². The first-order valence-corrected chi connectivity index (χ1v) is 18.2. The molecule has 5 heterocycles. The summed E-state index contributed by atoms with van der Waals surface area (Å²) in [5.41, 5.74) is 4.65. The molecule has 8 rings (SSSR count). The molecule has 14 heteroatoms. The summed E-state index contributed by atoms with van der Waals surface area (Å²) in [6.45, 7) is 3.20. The second-order valence-electron chi connectivity index (χ2n) is 14.4. The first kappa shape index (κ1) is 34.0. The highest BCUT2D eigenvalue weighted by molar-refractivity contribution is 6.14. The van der Waals surface area contributed by atoms with Gasteiger partial charge in [-0.25, -0.2) is 9.97 Å². The summed E-state index contributed by atoms with van der Waals surface area (Å²) >= 11 is 0. The van der Waals surface area contributed by atoms with Crippen LogP contribution in [0.5, 0.6) is 0 Å². The molecular weight excluding hydrogens is 657 g/mol. The van der Waals surface area contributed by atoms with Gasteiger partial charge in [-0.1, -0.05) is 25.1 Å². The Hall–Kier alpha value is -5.08. The van der Waals surface area contributed by atoms with Crippen LogP contribution < -0.4 is 20.9 Å². The molecule has 0 bridgehead atoms. The van der Waals surface area contributed by atoms with Crippen molar-refractivity contribution in [2.45, 2.75) is 75.6 Å². The number of para-hydroxylation sites is 1. The molecule has 2 saturated carbocycles. The number of likely N-dealkylation sites (tertiary alicyclic amines) is 1. The molecule has 13 nitrogen and oxygen atoms in total. The largest absolute Gasteiger partial charge is 0.379 e. The zero-order chi connectivity index (χ0) is 36.1. The standard InChI is InChI=1S/C38H42BN9O4/c1-3-31-35-27(20-41-48(35)25-14-16-47(17-15-25)38(39,52)32-9-4-6-24(21-49)42-32)26-7-5-8-29(34(26)46(31)2)44-30-18-33(45-36(50)22-10-11-22)40-19-28(30)37(51)43-23-12-13-23/h4-9,18-23,25,31,52H,3,10-17H2,1-2H3,(H,43,51)(H2,40,44,45,50). The molecule has 2 radical (unpaired) electrons. The van der Waals surface area contributed by atoms with Crippen molar-refractivity contribution in [3.8, 4) is 11.1 Å². The molecule has 52 heavy (non-hydrogen) atoms. The van der Waals surface area contributed by atoms with E-state index in [1.54, 1.807) is 29.2 Å². The molecule has 4 aliphatic rings. The Morgan fingerprint density at radius 3 is 2.50 bits per heavy atom. The van der Waals surface area contributed by atoms with Gasteiger partial charge in [-0.3, -0.25) is 24.0 Å². The van der Waals surface area contributed by atoms with Crippen LogP contribution in [0.2, 0.25) is 0 Å². The molecule has 1 aromatic carbocycles. The number of amides is 2. The molecule has 266 valence electrons. The summed E-state index contributed by atoms with van der Waals surface area (Å²) in [7, 11) is 8.50. The highest BCUT2D eigenvalue weighted by Crippen LogP contribution is 2.50. The summed E-state index contributed by atoms with van der Waals surface area (Å²) in [5, 5.41) is 25.8. The fourth-order valence-corrected chi connectivity index (χ4v) is 7.60. The number of anilines is 4. The van der Waals surface area contributed by atoms with Crippen LogP contribution in [0.4, 0.5) is 22.9 Å². The van der Waals surface area contributed by atoms with E-state index in [2.05, 4.69) is 55.5 Å². The third-order valence-electron chi connectivity index (χ3n) is 10.8. The molecule has 2 unspecified atom stereocenters. The predicted molar refractivity (Wildman–Crippen MR) is 198 cm³/mol. The van der Waals surface area contributed by atoms with Crippen LogP contribution in [0.25, 0.3) is 11.1 Å². The fraction of sp³-hybridized carbons (Fsp3) is 0.421. The Balaban J connectivity index is 1.08. The predicted octanol–water partition coefficient (Wildman–Crippen LogP) is 4.65. The smallest absolute Gasteiger partial charge is 0.255 e. The van der Waals surface area contributed by atoms with Crippen molar-refractivity contribution in [1.29, 1.82) is 0 Å². The molecule has 2 aliphatic heterocycles. The molecule has 3 fully saturated rings. The maximum absolute atomic E-state index is 13.4. The van der Waals surface area contributed by atoms with Crippen molar-refractivity contribution in [2.24, 2.45) is 5.92 Å². The van der Waals surface area contributed by atoms with Gasteiger partial charge in [0.05, 0.1) is 52.3 Å². The van der Waals surface area contributed by atoms with Gasteiger partial charge in [-0.2, -0.15) is 5.10 Å². The van der Waals surface area contributed by atoms with Gasteiger partial charge in [-0.15, -0.1) is 0 Å². The number of rotatable bonds is 11. The van der Waals surface area contributed by atoms with Gasteiger partial charge in [0.15, 0.2) is 6.29 Å². The van der Waals surface area contributed by atoms with Gasteiger partial charge in [0, 0.05) is 55.5 Å². The minimum atomic E-state index is -1.81. The lowest BCUT2D eigenvalue weighted by atomic mass is 9.83. The van der Waals surface area contributed by atoms with Gasteiger partial charge in [-0.05, 0) is 63.1 Å². The van der Waals surface area contributed by atoms with Crippen LogP contribution in [0.3, 0.4) is 0 Å². The Morgan fingerprint density at radius 1 is 1.02 bits per heavy atom. The summed E-state index contributed by atoms with van der Waals surface area (Å²) in [6.07, 6.45) is 10.1. The second kappa shape index (κ2) is 13.5. The normalized spacial score (nSPS) is 20.0. The summed E-state index contributed by atoms with van der Waals surface area (Å²) in [4.78, 5) is 50.0. The Bertz CT molecular complexity index is 2030. The van der Waals surface area contributed by atoms with E-state index in [0.29, 0.717) is 49.3 Å². The fourth-order valence-electron chi connectivity index (χ4n) is 7.60. The lowest BCUT2D eigenvalue weighted by molar-refractivity contribution is -0.117. The van der Waals surface area contributed by atoms with Crippen molar-refractivity contribution in [3.63, 3.8) is 0 Å². The van der Waals surface area contributed by atoms with Crippen LogP contribution >= 0.6 is 0 Å².